The minimum atomic E-state index is -0.721. The van der Waals surface area contributed by atoms with Crippen molar-refractivity contribution < 1.29 is 9.84 Å². The molecule has 0 amide bonds. The van der Waals surface area contributed by atoms with Gasteiger partial charge in [0, 0.05) is 16.5 Å². The predicted molar refractivity (Wildman–Crippen MR) is 85.6 cm³/mol. The van der Waals surface area contributed by atoms with Gasteiger partial charge >= 0.3 is 0 Å². The van der Waals surface area contributed by atoms with Crippen molar-refractivity contribution in [2.45, 2.75) is 12.6 Å². The maximum atomic E-state index is 10.5. The second-order valence-corrected chi connectivity index (χ2v) is 7.88. The molecule has 0 aliphatic heterocycles. The third-order valence-electron chi connectivity index (χ3n) is 2.53. The highest BCUT2D eigenvalue weighted by Gasteiger charge is 2.22. The second-order valence-electron chi connectivity index (χ2n) is 3.77. The number of rotatable bonds is 5. The highest BCUT2D eigenvalue weighted by atomic mass is 79.9. The van der Waals surface area contributed by atoms with Crippen LogP contribution in [-0.4, -0.2) is 28.6 Å². The number of nitrogens with zero attached hydrogens (tertiary/aromatic N) is 2. The summed E-state index contributed by atoms with van der Waals surface area (Å²) in [6.45, 7) is 1.15. The van der Waals surface area contributed by atoms with Crippen molar-refractivity contribution in [3.63, 3.8) is 0 Å². The fourth-order valence-corrected chi connectivity index (χ4v) is 4.23. The van der Waals surface area contributed by atoms with Crippen LogP contribution in [0.4, 0.5) is 0 Å². The van der Waals surface area contributed by atoms with Gasteiger partial charge in [-0.3, -0.25) is 4.68 Å². The van der Waals surface area contributed by atoms with E-state index in [1.165, 1.54) is 11.3 Å². The van der Waals surface area contributed by atoms with E-state index in [1.54, 1.807) is 18.0 Å². The Morgan fingerprint density at radius 3 is 2.74 bits per heavy atom. The maximum Gasteiger partial charge on any atom is 0.131 e. The highest BCUT2D eigenvalue weighted by molar-refractivity contribution is 9.13. The zero-order valence-corrected chi connectivity index (χ0v) is 15.5. The Labute approximate surface area is 140 Å². The molecule has 2 aromatic rings. The zero-order chi connectivity index (χ0) is 14.0. The summed E-state index contributed by atoms with van der Waals surface area (Å²) in [5.74, 6) is 0. The lowest BCUT2D eigenvalue weighted by Crippen LogP contribution is -2.13. The molecule has 1 unspecified atom stereocenters. The first kappa shape index (κ1) is 15.7. The number of methoxy groups -OCH3 is 1. The Morgan fingerprint density at radius 2 is 2.16 bits per heavy atom. The molecule has 0 radical (unpaired) electrons. The largest absolute Gasteiger partial charge is 0.383 e. The van der Waals surface area contributed by atoms with Crippen LogP contribution in [0, 0.1) is 0 Å². The van der Waals surface area contributed by atoms with Crippen LogP contribution in [0.5, 0.6) is 0 Å². The van der Waals surface area contributed by atoms with Gasteiger partial charge in [-0.1, -0.05) is 0 Å². The number of halogens is 3. The molecule has 19 heavy (non-hydrogen) atoms. The van der Waals surface area contributed by atoms with Crippen LogP contribution < -0.4 is 0 Å². The van der Waals surface area contributed by atoms with Gasteiger partial charge in [-0.05, 0) is 53.9 Å². The van der Waals surface area contributed by atoms with Gasteiger partial charge < -0.3 is 9.84 Å². The van der Waals surface area contributed by atoms with Gasteiger partial charge in [-0.2, -0.15) is 5.10 Å². The molecule has 0 spiro atoms. The summed E-state index contributed by atoms with van der Waals surface area (Å²) < 4.78 is 9.48. The van der Waals surface area contributed by atoms with Crippen molar-refractivity contribution in [1.29, 1.82) is 0 Å². The van der Waals surface area contributed by atoms with E-state index in [-0.39, 0.29) is 0 Å². The molecule has 0 aliphatic carbocycles. The SMILES string of the molecule is COCCn1ncc(Br)c1C(O)c1cc(Br)c(Br)s1. The van der Waals surface area contributed by atoms with E-state index in [1.807, 2.05) is 6.07 Å². The number of thiophene rings is 1. The van der Waals surface area contributed by atoms with Crippen LogP contribution >= 0.6 is 59.1 Å². The van der Waals surface area contributed by atoms with Gasteiger partial charge in [0.05, 0.1) is 33.3 Å². The van der Waals surface area contributed by atoms with Crippen molar-refractivity contribution in [2.24, 2.45) is 0 Å². The first-order valence-electron chi connectivity index (χ1n) is 5.37. The van der Waals surface area contributed by atoms with Crippen molar-refractivity contribution in [3.05, 3.63) is 35.6 Å². The minimum Gasteiger partial charge on any atom is -0.383 e. The molecule has 0 saturated heterocycles. The van der Waals surface area contributed by atoms with Gasteiger partial charge in [0.1, 0.15) is 6.10 Å². The number of ether oxygens (including phenoxy) is 1. The van der Waals surface area contributed by atoms with Crippen LogP contribution in [0.1, 0.15) is 16.7 Å². The molecule has 0 fully saturated rings. The lowest BCUT2D eigenvalue weighted by molar-refractivity contribution is 0.172. The summed E-state index contributed by atoms with van der Waals surface area (Å²) in [7, 11) is 1.64. The van der Waals surface area contributed by atoms with Gasteiger partial charge in [-0.25, -0.2) is 0 Å². The lowest BCUT2D eigenvalue weighted by atomic mass is 10.2. The number of hydrogen-bond acceptors (Lipinski definition) is 4. The number of aromatic nitrogens is 2. The van der Waals surface area contributed by atoms with Crippen molar-refractivity contribution in [3.8, 4) is 0 Å². The summed E-state index contributed by atoms with van der Waals surface area (Å²) in [5, 5.41) is 14.8. The highest BCUT2D eigenvalue weighted by Crippen LogP contribution is 2.39. The lowest BCUT2D eigenvalue weighted by Gasteiger charge is -2.12. The monoisotopic (exact) mass is 472 g/mol. The molecular formula is C11H11Br3N2O2S. The first-order valence-corrected chi connectivity index (χ1v) is 8.57. The summed E-state index contributed by atoms with van der Waals surface area (Å²) >= 11 is 11.8. The van der Waals surface area contributed by atoms with Crippen LogP contribution in [0.3, 0.4) is 0 Å². The molecule has 0 bridgehead atoms. The minimum absolute atomic E-state index is 0.547. The number of aliphatic hydroxyl groups excluding tert-OH is 1. The molecule has 2 heterocycles. The van der Waals surface area contributed by atoms with Crippen LogP contribution in [0.25, 0.3) is 0 Å². The molecule has 8 heteroatoms. The smallest absolute Gasteiger partial charge is 0.131 e. The summed E-state index contributed by atoms with van der Waals surface area (Å²) in [4.78, 5) is 0.846. The predicted octanol–water partition coefficient (Wildman–Crippen LogP) is 3.96. The van der Waals surface area contributed by atoms with Crippen LogP contribution in [0.15, 0.2) is 25.0 Å². The average molecular weight is 475 g/mol. The second kappa shape index (κ2) is 6.82. The van der Waals surface area contributed by atoms with Gasteiger partial charge in [-0.15, -0.1) is 11.3 Å². The number of aliphatic hydroxyl groups is 1. The van der Waals surface area contributed by atoms with E-state index >= 15 is 0 Å². The fraction of sp³-hybridized carbons (Fsp3) is 0.364. The third-order valence-corrected chi connectivity index (χ3v) is 6.45. The Balaban J connectivity index is 2.32. The van der Waals surface area contributed by atoms with E-state index in [4.69, 9.17) is 4.74 Å². The number of hydrogen-bond donors (Lipinski definition) is 1. The molecular weight excluding hydrogens is 464 g/mol. The summed E-state index contributed by atoms with van der Waals surface area (Å²) in [6, 6.07) is 1.90. The van der Waals surface area contributed by atoms with E-state index in [2.05, 4.69) is 52.9 Å². The zero-order valence-electron chi connectivity index (χ0n) is 9.94. The molecule has 2 aromatic heterocycles. The van der Waals surface area contributed by atoms with Gasteiger partial charge in [0.15, 0.2) is 0 Å². The Bertz CT molecular complexity index is 551. The topological polar surface area (TPSA) is 47.3 Å². The Hall–Kier alpha value is 0.270. The third kappa shape index (κ3) is 3.48. The fourth-order valence-electron chi connectivity index (χ4n) is 1.63. The molecule has 2 rings (SSSR count). The molecule has 0 aliphatic rings. The molecule has 1 N–H and O–H groups in total. The van der Waals surface area contributed by atoms with Crippen LogP contribution in [-0.2, 0) is 11.3 Å². The average Bonchev–Trinajstić information content (AvgIpc) is 2.90. The van der Waals surface area contributed by atoms with E-state index < -0.39 is 6.10 Å². The molecule has 104 valence electrons. The maximum absolute atomic E-state index is 10.5. The Morgan fingerprint density at radius 1 is 1.42 bits per heavy atom. The van der Waals surface area contributed by atoms with E-state index in [9.17, 15) is 5.11 Å². The van der Waals surface area contributed by atoms with Crippen LogP contribution in [0.2, 0.25) is 0 Å². The summed E-state index contributed by atoms with van der Waals surface area (Å²) in [5.41, 5.74) is 0.735. The van der Waals surface area contributed by atoms with E-state index in [0.29, 0.717) is 13.2 Å². The van der Waals surface area contributed by atoms with Gasteiger partial charge in [0.25, 0.3) is 0 Å². The molecule has 1 atom stereocenters. The first-order chi connectivity index (χ1) is 9.04. The standard InChI is InChI=1S/C11H11Br3N2O2S/c1-18-3-2-16-9(7(13)5-15-16)10(17)8-4-6(12)11(14)19-8/h4-5,10,17H,2-3H2,1H3. The van der Waals surface area contributed by atoms with Crippen molar-refractivity contribution in [2.75, 3.05) is 13.7 Å². The van der Waals surface area contributed by atoms with Gasteiger partial charge in [0.2, 0.25) is 0 Å². The van der Waals surface area contributed by atoms with Crippen molar-refractivity contribution in [1.82, 2.24) is 9.78 Å². The van der Waals surface area contributed by atoms with Crippen molar-refractivity contribution >= 4 is 59.1 Å². The van der Waals surface area contributed by atoms with E-state index in [0.717, 1.165) is 23.3 Å². The molecule has 0 saturated carbocycles. The summed E-state index contributed by atoms with van der Waals surface area (Å²) in [6.07, 6.45) is 0.965. The Kier molecular flexibility index (Phi) is 5.62. The molecule has 4 nitrogen and oxygen atoms in total. The quantitative estimate of drug-likeness (QED) is 0.713. The molecule has 0 aromatic carbocycles. The normalized spacial score (nSPS) is 12.9.